The van der Waals surface area contributed by atoms with Gasteiger partial charge in [0, 0.05) is 0 Å². The van der Waals surface area contributed by atoms with Crippen LogP contribution in [0.2, 0.25) is 0 Å². The first kappa shape index (κ1) is 20.1. The number of unbranched alkanes of at least 4 members (excludes halogenated alkanes) is 5. The van der Waals surface area contributed by atoms with Crippen molar-refractivity contribution >= 4 is 0 Å². The zero-order valence-corrected chi connectivity index (χ0v) is 17.0. The number of aryl methyl sites for hydroxylation is 1. The Hall–Kier alpha value is -1.60. The molecule has 0 saturated heterocycles. The summed E-state index contributed by atoms with van der Waals surface area (Å²) in [5.74, 6) is 0. The van der Waals surface area contributed by atoms with Gasteiger partial charge in [0.1, 0.15) is 0 Å². The van der Waals surface area contributed by atoms with E-state index >= 15 is 0 Å². The van der Waals surface area contributed by atoms with Crippen molar-refractivity contribution in [1.82, 2.24) is 0 Å². The van der Waals surface area contributed by atoms with Crippen LogP contribution in [0.25, 0.3) is 0 Å². The topological polar surface area (TPSA) is 20.2 Å². The number of aliphatic hydroxyl groups is 1. The van der Waals surface area contributed by atoms with E-state index in [0.29, 0.717) is 5.41 Å². The Morgan fingerprint density at radius 2 is 1.33 bits per heavy atom. The Morgan fingerprint density at radius 3 is 2.00 bits per heavy atom. The Labute approximate surface area is 165 Å². The van der Waals surface area contributed by atoms with E-state index < -0.39 is 5.60 Å². The Morgan fingerprint density at radius 1 is 0.741 bits per heavy atom. The predicted octanol–water partition coefficient (Wildman–Crippen LogP) is 7.04. The molecule has 0 heterocycles. The maximum atomic E-state index is 11.2. The van der Waals surface area contributed by atoms with E-state index in [4.69, 9.17) is 0 Å². The molecular weight excluding hydrogens is 328 g/mol. The summed E-state index contributed by atoms with van der Waals surface area (Å²) in [6.07, 6.45) is 13.5. The fraction of sp³-hybridized carbons (Fsp3) is 0.538. The molecule has 1 aliphatic carbocycles. The van der Waals surface area contributed by atoms with Crippen molar-refractivity contribution in [2.75, 3.05) is 0 Å². The molecule has 146 valence electrons. The van der Waals surface area contributed by atoms with E-state index in [1.54, 1.807) is 0 Å². The maximum Gasteiger partial charge on any atom is 0.0907 e. The molecule has 1 nitrogen and oxygen atoms in total. The van der Waals surface area contributed by atoms with Crippen molar-refractivity contribution < 1.29 is 5.11 Å². The molecule has 27 heavy (non-hydrogen) atoms. The van der Waals surface area contributed by atoms with Gasteiger partial charge in [-0.2, -0.15) is 0 Å². The lowest BCUT2D eigenvalue weighted by atomic mass is 9.53. The van der Waals surface area contributed by atoms with Gasteiger partial charge in [-0.1, -0.05) is 106 Å². The number of hydrogen-bond acceptors (Lipinski definition) is 1. The lowest BCUT2D eigenvalue weighted by Crippen LogP contribution is -2.50. The van der Waals surface area contributed by atoms with Crippen LogP contribution < -0.4 is 0 Å². The van der Waals surface area contributed by atoms with Gasteiger partial charge in [0.25, 0.3) is 0 Å². The lowest BCUT2D eigenvalue weighted by Gasteiger charge is -2.54. The van der Waals surface area contributed by atoms with Gasteiger partial charge in [-0.3, -0.25) is 0 Å². The molecule has 0 amide bonds. The fourth-order valence-electron chi connectivity index (χ4n) is 4.95. The normalized spacial score (nSPS) is 24.5. The molecule has 2 aromatic rings. The molecule has 0 aliphatic heterocycles. The van der Waals surface area contributed by atoms with E-state index in [2.05, 4.69) is 49.4 Å². The van der Waals surface area contributed by atoms with E-state index in [0.717, 1.165) is 24.8 Å². The van der Waals surface area contributed by atoms with Crippen molar-refractivity contribution in [1.29, 1.82) is 0 Å². The Kier molecular flexibility index (Phi) is 7.13. The third-order valence-corrected chi connectivity index (χ3v) is 6.49. The van der Waals surface area contributed by atoms with E-state index in [-0.39, 0.29) is 0 Å². The van der Waals surface area contributed by atoms with Crippen LogP contribution in [0.4, 0.5) is 0 Å². The van der Waals surface area contributed by atoms with Crippen molar-refractivity contribution in [2.24, 2.45) is 5.41 Å². The summed E-state index contributed by atoms with van der Waals surface area (Å²) in [4.78, 5) is 0. The summed E-state index contributed by atoms with van der Waals surface area (Å²) in [5, 5.41) is 11.2. The van der Waals surface area contributed by atoms with Crippen LogP contribution in [-0.2, 0) is 12.0 Å². The molecule has 0 bridgehead atoms. The molecule has 0 radical (unpaired) electrons. The van der Waals surface area contributed by atoms with E-state index in [1.165, 1.54) is 56.9 Å². The first-order valence-corrected chi connectivity index (χ1v) is 11.0. The third-order valence-electron chi connectivity index (χ3n) is 6.49. The smallest absolute Gasteiger partial charge is 0.0907 e. The fourth-order valence-corrected chi connectivity index (χ4v) is 4.95. The first-order valence-electron chi connectivity index (χ1n) is 11.0. The summed E-state index contributed by atoms with van der Waals surface area (Å²) in [6, 6.07) is 21.1. The lowest BCUT2D eigenvalue weighted by molar-refractivity contribution is -0.143. The Balaban J connectivity index is 1.58. The molecule has 1 saturated carbocycles. The molecule has 1 N–H and O–H groups in total. The maximum absolute atomic E-state index is 11.2. The molecule has 0 atom stereocenters. The van der Waals surface area contributed by atoms with Crippen LogP contribution in [0.15, 0.2) is 60.7 Å². The first-order chi connectivity index (χ1) is 13.2. The van der Waals surface area contributed by atoms with Crippen molar-refractivity contribution in [2.45, 2.75) is 83.2 Å². The monoisotopic (exact) mass is 364 g/mol. The standard InChI is InChI=1S/C26H36O/c1-2-3-4-5-6-13-19-25(20-18-23-14-9-7-10-15-23)21-26(27,22-25)24-16-11-8-12-17-24/h7-12,14-17,27H,2-6,13,18-22H2,1H3. The number of rotatable bonds is 11. The minimum absolute atomic E-state index is 0.311. The van der Waals surface area contributed by atoms with Crippen LogP contribution in [0.5, 0.6) is 0 Å². The van der Waals surface area contributed by atoms with Gasteiger partial charge in [0.05, 0.1) is 5.60 Å². The zero-order valence-electron chi connectivity index (χ0n) is 17.0. The van der Waals surface area contributed by atoms with Gasteiger partial charge in [0.15, 0.2) is 0 Å². The molecule has 0 aromatic heterocycles. The highest BCUT2D eigenvalue weighted by Crippen LogP contribution is 2.58. The van der Waals surface area contributed by atoms with Crippen molar-refractivity contribution in [3.8, 4) is 0 Å². The molecular formula is C26H36O. The second kappa shape index (κ2) is 9.55. The average molecular weight is 365 g/mol. The average Bonchev–Trinajstić information content (AvgIpc) is 2.69. The van der Waals surface area contributed by atoms with Gasteiger partial charge in [-0.15, -0.1) is 0 Å². The van der Waals surface area contributed by atoms with Gasteiger partial charge >= 0.3 is 0 Å². The van der Waals surface area contributed by atoms with Crippen LogP contribution in [-0.4, -0.2) is 5.11 Å². The summed E-state index contributed by atoms with van der Waals surface area (Å²) < 4.78 is 0. The molecule has 1 heteroatoms. The minimum Gasteiger partial charge on any atom is -0.385 e. The Bertz CT molecular complexity index is 655. The van der Waals surface area contributed by atoms with E-state index in [1.807, 2.05) is 18.2 Å². The number of benzene rings is 2. The molecule has 0 unspecified atom stereocenters. The molecule has 2 aromatic carbocycles. The van der Waals surface area contributed by atoms with Gasteiger partial charge in [-0.05, 0) is 48.6 Å². The van der Waals surface area contributed by atoms with Gasteiger partial charge in [-0.25, -0.2) is 0 Å². The van der Waals surface area contributed by atoms with Crippen molar-refractivity contribution in [3.05, 3.63) is 71.8 Å². The third kappa shape index (κ3) is 5.45. The predicted molar refractivity (Wildman–Crippen MR) is 115 cm³/mol. The largest absolute Gasteiger partial charge is 0.385 e. The summed E-state index contributed by atoms with van der Waals surface area (Å²) >= 11 is 0. The van der Waals surface area contributed by atoms with Crippen LogP contribution in [0.1, 0.15) is 82.3 Å². The van der Waals surface area contributed by atoms with Gasteiger partial charge < -0.3 is 5.11 Å². The second-order valence-corrected chi connectivity index (χ2v) is 8.75. The summed E-state index contributed by atoms with van der Waals surface area (Å²) in [7, 11) is 0. The van der Waals surface area contributed by atoms with Crippen LogP contribution in [0, 0.1) is 5.41 Å². The van der Waals surface area contributed by atoms with Gasteiger partial charge in [0.2, 0.25) is 0 Å². The van der Waals surface area contributed by atoms with Crippen molar-refractivity contribution in [3.63, 3.8) is 0 Å². The number of hydrogen-bond donors (Lipinski definition) is 1. The van der Waals surface area contributed by atoms with Crippen LogP contribution in [0.3, 0.4) is 0 Å². The highest BCUT2D eigenvalue weighted by Gasteiger charge is 2.53. The molecule has 0 spiro atoms. The SMILES string of the molecule is CCCCCCCCC1(CCc2ccccc2)CC(O)(c2ccccc2)C1. The quantitative estimate of drug-likeness (QED) is 0.424. The molecule has 3 rings (SSSR count). The summed E-state index contributed by atoms with van der Waals surface area (Å²) in [6.45, 7) is 2.28. The highest BCUT2D eigenvalue weighted by atomic mass is 16.3. The second-order valence-electron chi connectivity index (χ2n) is 8.75. The zero-order chi connectivity index (χ0) is 19.0. The van der Waals surface area contributed by atoms with E-state index in [9.17, 15) is 5.11 Å². The minimum atomic E-state index is -0.611. The molecule has 1 aliphatic rings. The highest BCUT2D eigenvalue weighted by molar-refractivity contribution is 5.27. The molecule has 1 fully saturated rings. The summed E-state index contributed by atoms with van der Waals surface area (Å²) in [5.41, 5.74) is 2.23. The van der Waals surface area contributed by atoms with Crippen LogP contribution >= 0.6 is 0 Å².